The molecule has 1 saturated heterocycles. The number of halogens is 2. The second-order valence-electron chi connectivity index (χ2n) is 11.5. The van der Waals surface area contributed by atoms with Gasteiger partial charge in [-0.1, -0.05) is 49.6 Å². The number of benzene rings is 2. The summed E-state index contributed by atoms with van der Waals surface area (Å²) in [6.45, 7) is 7.07. The van der Waals surface area contributed by atoms with Gasteiger partial charge in [-0.05, 0) is 88.7 Å². The Morgan fingerprint density at radius 3 is 2.36 bits per heavy atom. The number of aliphatic hydroxyl groups is 1. The number of rotatable bonds is 7. The molecule has 2 aromatic rings. The number of carbonyl (C=O) groups is 2. The second-order valence-corrected chi connectivity index (χ2v) is 13.2. The summed E-state index contributed by atoms with van der Waals surface area (Å²) in [7, 11) is 0. The molecular weight excluding hydrogens is 628 g/mol. The average molecular weight is 666 g/mol. The first kappa shape index (κ1) is 30.0. The number of nitrogens with one attached hydrogen (secondary N) is 1. The van der Waals surface area contributed by atoms with Crippen molar-refractivity contribution in [3.63, 3.8) is 0 Å². The van der Waals surface area contributed by atoms with Gasteiger partial charge in [0.1, 0.15) is 24.0 Å². The first-order chi connectivity index (χ1) is 18.5. The SMILES string of the molecule is CC(C)(C)OC(=O)C1CNCCN1C(=O)C(c1cc(Br)c(OCc2ccccc2)c(Br)c1)C1(O)CCCCC1. The van der Waals surface area contributed by atoms with Crippen LogP contribution in [0.2, 0.25) is 0 Å². The predicted octanol–water partition coefficient (Wildman–Crippen LogP) is 5.71. The van der Waals surface area contributed by atoms with Crippen LogP contribution in [0.25, 0.3) is 0 Å². The molecule has 1 heterocycles. The summed E-state index contributed by atoms with van der Waals surface area (Å²) in [5.74, 6) is -0.909. The minimum absolute atomic E-state index is 0.256. The van der Waals surface area contributed by atoms with Crippen molar-refractivity contribution >= 4 is 43.7 Å². The molecule has 2 N–H and O–H groups in total. The van der Waals surface area contributed by atoms with Crippen LogP contribution < -0.4 is 10.1 Å². The lowest BCUT2D eigenvalue weighted by molar-refractivity contribution is -0.168. The Bertz CT molecular complexity index is 1140. The predicted molar refractivity (Wildman–Crippen MR) is 158 cm³/mol. The van der Waals surface area contributed by atoms with Gasteiger partial charge < -0.3 is 24.8 Å². The Balaban J connectivity index is 1.67. The molecule has 1 saturated carbocycles. The Labute approximate surface area is 247 Å². The zero-order valence-electron chi connectivity index (χ0n) is 22.8. The van der Waals surface area contributed by atoms with E-state index in [1.807, 2.05) is 63.2 Å². The van der Waals surface area contributed by atoms with Crippen LogP contribution in [0, 0.1) is 0 Å². The Hall–Kier alpha value is -1.94. The van der Waals surface area contributed by atoms with Gasteiger partial charge in [-0.2, -0.15) is 0 Å². The third kappa shape index (κ3) is 7.43. The summed E-state index contributed by atoms with van der Waals surface area (Å²) < 4.78 is 13.1. The minimum Gasteiger partial charge on any atom is -0.487 e. The number of amides is 1. The molecular formula is C30H38Br2N2O5. The summed E-state index contributed by atoms with van der Waals surface area (Å²) in [5.41, 5.74) is -0.173. The molecule has 9 heteroatoms. The van der Waals surface area contributed by atoms with Crippen LogP contribution in [0.1, 0.15) is 69.9 Å². The highest BCUT2D eigenvalue weighted by Gasteiger charge is 2.47. The molecule has 0 bridgehead atoms. The van der Waals surface area contributed by atoms with Gasteiger partial charge in [-0.25, -0.2) is 4.79 Å². The van der Waals surface area contributed by atoms with E-state index in [9.17, 15) is 14.7 Å². The van der Waals surface area contributed by atoms with Crippen LogP contribution in [-0.2, 0) is 20.9 Å². The number of esters is 1. The molecule has 0 radical (unpaired) electrons. The highest BCUT2D eigenvalue weighted by Crippen LogP contribution is 2.45. The molecule has 1 aliphatic carbocycles. The number of hydrogen-bond donors (Lipinski definition) is 2. The summed E-state index contributed by atoms with van der Waals surface area (Å²) >= 11 is 7.30. The van der Waals surface area contributed by atoms with Crippen LogP contribution in [0.3, 0.4) is 0 Å². The van der Waals surface area contributed by atoms with E-state index < -0.39 is 29.1 Å². The summed E-state index contributed by atoms with van der Waals surface area (Å²) in [6.07, 6.45) is 3.76. The maximum atomic E-state index is 14.4. The number of nitrogens with zero attached hydrogens (tertiary/aromatic N) is 1. The van der Waals surface area contributed by atoms with Crippen molar-refractivity contribution < 1.29 is 24.2 Å². The first-order valence-electron chi connectivity index (χ1n) is 13.6. The second kappa shape index (κ2) is 12.7. The van der Waals surface area contributed by atoms with Gasteiger partial charge in [0.15, 0.2) is 0 Å². The third-order valence-electron chi connectivity index (χ3n) is 7.29. The first-order valence-corrected chi connectivity index (χ1v) is 15.2. The Kier molecular flexibility index (Phi) is 9.78. The molecule has 0 aromatic heterocycles. The van der Waals surface area contributed by atoms with Crippen molar-refractivity contribution in [3.8, 4) is 5.75 Å². The fourth-order valence-corrected chi connectivity index (χ4v) is 6.91. The molecule has 4 rings (SSSR count). The molecule has 39 heavy (non-hydrogen) atoms. The van der Waals surface area contributed by atoms with Crippen LogP contribution in [0.4, 0.5) is 0 Å². The average Bonchev–Trinajstić information content (AvgIpc) is 2.88. The maximum Gasteiger partial charge on any atom is 0.330 e. The van der Waals surface area contributed by atoms with Gasteiger partial charge in [0, 0.05) is 19.6 Å². The fraction of sp³-hybridized carbons (Fsp3) is 0.533. The van der Waals surface area contributed by atoms with Crippen LogP contribution in [-0.4, -0.2) is 58.8 Å². The number of hydrogen-bond acceptors (Lipinski definition) is 6. The molecule has 7 nitrogen and oxygen atoms in total. The quantitative estimate of drug-likeness (QED) is 0.369. The van der Waals surface area contributed by atoms with Gasteiger partial charge in [-0.15, -0.1) is 0 Å². The van der Waals surface area contributed by atoms with Gasteiger partial charge in [0.05, 0.1) is 20.5 Å². The normalized spacial score (nSPS) is 20.3. The number of piperazine rings is 1. The van der Waals surface area contributed by atoms with Gasteiger partial charge in [0.25, 0.3) is 0 Å². The molecule has 0 spiro atoms. The van der Waals surface area contributed by atoms with Crippen LogP contribution in [0.15, 0.2) is 51.4 Å². The zero-order valence-corrected chi connectivity index (χ0v) is 26.0. The monoisotopic (exact) mass is 664 g/mol. The van der Waals surface area contributed by atoms with E-state index in [2.05, 4.69) is 37.2 Å². The van der Waals surface area contributed by atoms with E-state index in [0.717, 1.165) is 24.8 Å². The Morgan fingerprint density at radius 1 is 1.10 bits per heavy atom. The van der Waals surface area contributed by atoms with Crippen molar-refractivity contribution in [1.29, 1.82) is 0 Å². The van der Waals surface area contributed by atoms with Crippen LogP contribution in [0.5, 0.6) is 5.75 Å². The number of ether oxygens (including phenoxy) is 2. The lowest BCUT2D eigenvalue weighted by Gasteiger charge is -2.43. The van der Waals surface area contributed by atoms with Gasteiger partial charge in [0.2, 0.25) is 5.91 Å². The fourth-order valence-electron chi connectivity index (χ4n) is 5.46. The molecule has 2 unspecified atom stereocenters. The Morgan fingerprint density at radius 2 is 1.74 bits per heavy atom. The van der Waals surface area contributed by atoms with Crippen molar-refractivity contribution in [3.05, 3.63) is 62.5 Å². The highest BCUT2D eigenvalue weighted by molar-refractivity contribution is 9.11. The van der Waals surface area contributed by atoms with E-state index in [1.54, 1.807) is 4.90 Å². The highest BCUT2D eigenvalue weighted by atomic mass is 79.9. The lowest BCUT2D eigenvalue weighted by atomic mass is 9.72. The van der Waals surface area contributed by atoms with E-state index in [1.165, 1.54) is 0 Å². The smallest absolute Gasteiger partial charge is 0.330 e. The molecule has 2 fully saturated rings. The van der Waals surface area contributed by atoms with Crippen LogP contribution >= 0.6 is 31.9 Å². The molecule has 1 amide bonds. The standard InChI is InChI=1S/C30H38Br2N2O5/c1-29(2,3)39-28(36)24-18-33-14-15-34(24)27(35)25(30(37)12-8-5-9-13-30)21-16-22(31)26(23(32)17-21)38-19-20-10-6-4-7-11-20/h4,6-7,10-11,16-17,24-25,33,37H,5,8-9,12-15,18-19H2,1-3H3. The minimum atomic E-state index is -1.22. The van der Waals surface area contributed by atoms with E-state index in [-0.39, 0.29) is 5.91 Å². The van der Waals surface area contributed by atoms with Crippen molar-refractivity contribution in [2.45, 2.75) is 82.6 Å². The lowest BCUT2D eigenvalue weighted by Crippen LogP contribution is -2.61. The van der Waals surface area contributed by atoms with Crippen molar-refractivity contribution in [1.82, 2.24) is 10.2 Å². The maximum absolute atomic E-state index is 14.4. The topological polar surface area (TPSA) is 88.1 Å². The van der Waals surface area contributed by atoms with E-state index >= 15 is 0 Å². The van der Waals surface area contributed by atoms with Gasteiger partial charge in [-0.3, -0.25) is 4.79 Å². The number of carbonyl (C=O) groups excluding carboxylic acids is 2. The van der Waals surface area contributed by atoms with E-state index in [4.69, 9.17) is 9.47 Å². The van der Waals surface area contributed by atoms with E-state index in [0.29, 0.717) is 59.3 Å². The molecule has 212 valence electrons. The van der Waals surface area contributed by atoms with Crippen molar-refractivity contribution in [2.24, 2.45) is 0 Å². The largest absolute Gasteiger partial charge is 0.487 e. The summed E-state index contributed by atoms with van der Waals surface area (Å²) in [4.78, 5) is 29.1. The zero-order chi connectivity index (χ0) is 28.2. The summed E-state index contributed by atoms with van der Waals surface area (Å²) in [5, 5.41) is 15.2. The third-order valence-corrected chi connectivity index (χ3v) is 8.47. The summed E-state index contributed by atoms with van der Waals surface area (Å²) in [6, 6.07) is 12.9. The van der Waals surface area contributed by atoms with Crippen molar-refractivity contribution in [2.75, 3.05) is 19.6 Å². The van der Waals surface area contributed by atoms with Gasteiger partial charge >= 0.3 is 5.97 Å². The molecule has 1 aliphatic heterocycles. The molecule has 2 atom stereocenters. The molecule has 2 aromatic carbocycles. The molecule has 2 aliphatic rings.